The van der Waals surface area contributed by atoms with Gasteiger partial charge in [-0.2, -0.15) is 0 Å². The topological polar surface area (TPSA) is 81.5 Å². The zero-order chi connectivity index (χ0) is 22.8. The number of carbonyl (C=O) groups is 2. The Morgan fingerprint density at radius 2 is 1.82 bits per heavy atom. The first-order valence-electron chi connectivity index (χ1n) is 11.7. The number of benzene rings is 2. The number of amides is 1. The fourth-order valence-electron chi connectivity index (χ4n) is 4.98. The van der Waals surface area contributed by atoms with Crippen LogP contribution in [0.2, 0.25) is 0 Å². The van der Waals surface area contributed by atoms with Gasteiger partial charge < -0.3 is 9.64 Å². The fourth-order valence-corrected chi connectivity index (χ4v) is 4.98. The van der Waals surface area contributed by atoms with Crippen LogP contribution in [0.1, 0.15) is 54.7 Å². The summed E-state index contributed by atoms with van der Waals surface area (Å²) in [5.41, 5.74) is 1.53. The van der Waals surface area contributed by atoms with Crippen molar-refractivity contribution in [2.45, 2.75) is 57.5 Å². The number of ether oxygens (including phenoxy) is 1. The van der Waals surface area contributed by atoms with Gasteiger partial charge in [-0.1, -0.05) is 37.5 Å². The number of carbonyl (C=O) groups excluding carboxylic acids is 2. The summed E-state index contributed by atoms with van der Waals surface area (Å²) in [6.45, 7) is 0.352. The van der Waals surface area contributed by atoms with Crippen LogP contribution >= 0.6 is 0 Å². The van der Waals surface area contributed by atoms with E-state index in [1.165, 1.54) is 6.42 Å². The van der Waals surface area contributed by atoms with Crippen LogP contribution in [0.4, 0.5) is 5.69 Å². The van der Waals surface area contributed by atoms with Gasteiger partial charge in [0, 0.05) is 24.7 Å². The third-order valence-corrected chi connectivity index (χ3v) is 6.62. The van der Waals surface area contributed by atoms with Crippen LogP contribution in [0.15, 0.2) is 53.3 Å². The molecule has 1 aliphatic carbocycles. The van der Waals surface area contributed by atoms with E-state index in [0.717, 1.165) is 50.0 Å². The average Bonchev–Trinajstić information content (AvgIpc) is 3.33. The first-order valence-corrected chi connectivity index (χ1v) is 11.7. The molecule has 7 heteroatoms. The normalized spacial score (nSPS) is 15.9. The Balaban J connectivity index is 1.33. The van der Waals surface area contributed by atoms with Gasteiger partial charge in [-0.15, -0.1) is 0 Å². The molecule has 1 amide bonds. The molecule has 0 atom stereocenters. The second kappa shape index (κ2) is 9.17. The second-order valence-corrected chi connectivity index (χ2v) is 8.79. The van der Waals surface area contributed by atoms with Crippen LogP contribution in [0.25, 0.3) is 10.9 Å². The van der Waals surface area contributed by atoms with Crippen molar-refractivity contribution >= 4 is 28.5 Å². The third kappa shape index (κ3) is 4.27. The van der Waals surface area contributed by atoms with Gasteiger partial charge in [0.2, 0.25) is 0 Å². The minimum atomic E-state index is -0.593. The van der Waals surface area contributed by atoms with E-state index in [1.54, 1.807) is 27.7 Å². The van der Waals surface area contributed by atoms with Gasteiger partial charge in [0.05, 0.1) is 16.5 Å². The first kappa shape index (κ1) is 21.4. The third-order valence-electron chi connectivity index (χ3n) is 6.62. The average molecular weight is 446 g/mol. The number of hydrogen-bond donors (Lipinski definition) is 0. The van der Waals surface area contributed by atoms with E-state index in [0.29, 0.717) is 17.4 Å². The van der Waals surface area contributed by atoms with Crippen molar-refractivity contribution in [3.8, 4) is 0 Å². The summed E-state index contributed by atoms with van der Waals surface area (Å²) in [7, 11) is 0. The lowest BCUT2D eigenvalue weighted by Crippen LogP contribution is -2.43. The van der Waals surface area contributed by atoms with E-state index < -0.39 is 5.97 Å². The molecule has 2 aromatic carbocycles. The standard InChI is InChI=1S/C26H27N3O4/c30-24(29(19-8-3-1-4-9-19)20-10-5-2-6-11-20)17-33-26(32)18-13-14-21-22(16-18)27-23-12-7-15-28(23)25(21)31/h1,3-4,8-9,13-14,16,20H,2,5-7,10-12,15,17H2. The molecule has 2 heterocycles. The number of hydrogen-bond acceptors (Lipinski definition) is 5. The Bertz CT molecular complexity index is 1250. The number of fused-ring (bicyclic) bond motifs is 2. The van der Waals surface area contributed by atoms with Crippen LogP contribution in [0, 0.1) is 0 Å². The monoisotopic (exact) mass is 445 g/mol. The highest BCUT2D eigenvalue weighted by molar-refractivity contribution is 5.98. The van der Waals surface area contributed by atoms with Gasteiger partial charge in [-0.3, -0.25) is 14.2 Å². The van der Waals surface area contributed by atoms with Crippen molar-refractivity contribution in [3.05, 3.63) is 70.3 Å². The molecule has 1 aromatic heterocycles. The molecule has 0 saturated heterocycles. The predicted octanol–water partition coefficient (Wildman–Crippen LogP) is 3.87. The highest BCUT2D eigenvalue weighted by Gasteiger charge is 2.27. The van der Waals surface area contributed by atoms with Gasteiger partial charge in [0.1, 0.15) is 5.82 Å². The lowest BCUT2D eigenvalue weighted by Gasteiger charge is -2.34. The van der Waals surface area contributed by atoms with Crippen molar-refractivity contribution in [1.82, 2.24) is 9.55 Å². The zero-order valence-electron chi connectivity index (χ0n) is 18.5. The van der Waals surface area contributed by atoms with Gasteiger partial charge in [-0.25, -0.2) is 9.78 Å². The molecule has 5 rings (SSSR count). The van der Waals surface area contributed by atoms with Gasteiger partial charge in [-0.05, 0) is 49.6 Å². The van der Waals surface area contributed by atoms with Gasteiger partial charge in [0.25, 0.3) is 11.5 Å². The minimum Gasteiger partial charge on any atom is -0.452 e. The maximum absolute atomic E-state index is 13.2. The Morgan fingerprint density at radius 3 is 2.61 bits per heavy atom. The van der Waals surface area contributed by atoms with E-state index in [9.17, 15) is 14.4 Å². The summed E-state index contributed by atoms with van der Waals surface area (Å²) in [4.78, 5) is 44.9. The molecule has 2 aliphatic rings. The van der Waals surface area contributed by atoms with Crippen LogP contribution in [-0.2, 0) is 22.5 Å². The molecule has 33 heavy (non-hydrogen) atoms. The van der Waals surface area contributed by atoms with Crippen LogP contribution in [-0.4, -0.2) is 34.1 Å². The first-order chi connectivity index (χ1) is 16.1. The fraction of sp³-hybridized carbons (Fsp3) is 0.385. The SMILES string of the molecule is O=C(OCC(=O)N(c1ccccc1)C1CCCCC1)c1ccc2c(=O)n3c(nc2c1)CCC3. The number of esters is 1. The number of rotatable bonds is 5. The minimum absolute atomic E-state index is 0.0754. The summed E-state index contributed by atoms with van der Waals surface area (Å²) in [6.07, 6.45) is 6.92. The number of para-hydroxylation sites is 1. The maximum atomic E-state index is 13.2. The van der Waals surface area contributed by atoms with Crippen molar-refractivity contribution in [2.75, 3.05) is 11.5 Å². The number of aryl methyl sites for hydroxylation is 1. The number of nitrogens with zero attached hydrogens (tertiary/aromatic N) is 3. The molecule has 0 radical (unpaired) electrons. The summed E-state index contributed by atoms with van der Waals surface area (Å²) < 4.78 is 7.11. The highest BCUT2D eigenvalue weighted by atomic mass is 16.5. The molecule has 7 nitrogen and oxygen atoms in total. The number of anilines is 1. The van der Waals surface area contributed by atoms with Crippen molar-refractivity contribution < 1.29 is 14.3 Å². The highest BCUT2D eigenvalue weighted by Crippen LogP contribution is 2.27. The summed E-state index contributed by atoms with van der Waals surface area (Å²) >= 11 is 0. The largest absolute Gasteiger partial charge is 0.452 e. The maximum Gasteiger partial charge on any atom is 0.338 e. The van der Waals surface area contributed by atoms with Crippen LogP contribution in [0.3, 0.4) is 0 Å². The van der Waals surface area contributed by atoms with E-state index in [1.807, 2.05) is 30.3 Å². The van der Waals surface area contributed by atoms with Crippen molar-refractivity contribution in [1.29, 1.82) is 0 Å². The van der Waals surface area contributed by atoms with Crippen LogP contribution < -0.4 is 10.5 Å². The second-order valence-electron chi connectivity index (χ2n) is 8.79. The molecule has 0 bridgehead atoms. The van der Waals surface area contributed by atoms with Crippen molar-refractivity contribution in [3.63, 3.8) is 0 Å². The Labute approximate surface area is 192 Å². The molecule has 0 spiro atoms. The van der Waals surface area contributed by atoms with Gasteiger partial charge >= 0.3 is 5.97 Å². The summed E-state index contributed by atoms with van der Waals surface area (Å²) in [5, 5.41) is 0.487. The molecule has 1 aliphatic heterocycles. The Morgan fingerprint density at radius 1 is 1.03 bits per heavy atom. The van der Waals surface area contributed by atoms with E-state index in [2.05, 4.69) is 4.98 Å². The lowest BCUT2D eigenvalue weighted by atomic mass is 9.93. The van der Waals surface area contributed by atoms with Crippen LogP contribution in [0.5, 0.6) is 0 Å². The summed E-state index contributed by atoms with van der Waals surface area (Å²) in [6, 6.07) is 14.5. The Hall–Kier alpha value is -3.48. The smallest absolute Gasteiger partial charge is 0.338 e. The predicted molar refractivity (Wildman–Crippen MR) is 125 cm³/mol. The summed E-state index contributed by atoms with van der Waals surface area (Å²) in [5.74, 6) is -0.0695. The molecule has 1 fully saturated rings. The van der Waals surface area contributed by atoms with Gasteiger partial charge in [0.15, 0.2) is 6.61 Å². The lowest BCUT2D eigenvalue weighted by molar-refractivity contribution is -0.122. The van der Waals surface area contributed by atoms with E-state index in [-0.39, 0.29) is 29.7 Å². The van der Waals surface area contributed by atoms with E-state index >= 15 is 0 Å². The molecule has 1 saturated carbocycles. The zero-order valence-corrected chi connectivity index (χ0v) is 18.5. The van der Waals surface area contributed by atoms with Crippen molar-refractivity contribution in [2.24, 2.45) is 0 Å². The quantitative estimate of drug-likeness (QED) is 0.557. The Kier molecular flexibility index (Phi) is 5.94. The molecular weight excluding hydrogens is 418 g/mol. The molecule has 0 unspecified atom stereocenters. The van der Waals surface area contributed by atoms with E-state index in [4.69, 9.17) is 4.74 Å². The number of aromatic nitrogens is 2. The molecule has 170 valence electrons. The molecule has 3 aromatic rings. The molecular formula is C26H27N3O4. The molecule has 0 N–H and O–H groups in total.